The molecule has 0 unspecified atom stereocenters. The van der Waals surface area contributed by atoms with E-state index in [-0.39, 0.29) is 0 Å². The number of rotatable bonds is 3. The van der Waals surface area contributed by atoms with Crippen molar-refractivity contribution in [3.63, 3.8) is 0 Å². The van der Waals surface area contributed by atoms with Crippen LogP contribution < -0.4 is 5.32 Å². The second kappa shape index (κ2) is 4.06. The SMILES string of the molecule is Cc1nn(C)cc1Nc1nc(C2CC2)c2cc[nH]c2n1. The number of fused-ring (bicyclic) bond motifs is 1. The first kappa shape index (κ1) is 11.5. The molecule has 0 bridgehead atoms. The molecule has 0 aliphatic heterocycles. The Kier molecular flexibility index (Phi) is 2.33. The Balaban J connectivity index is 1.77. The highest BCUT2D eigenvalue weighted by atomic mass is 15.3. The summed E-state index contributed by atoms with van der Waals surface area (Å²) in [6.07, 6.45) is 6.31. The van der Waals surface area contributed by atoms with Crippen LogP contribution in [0.1, 0.15) is 30.1 Å². The molecule has 0 amide bonds. The van der Waals surface area contributed by atoms with E-state index >= 15 is 0 Å². The van der Waals surface area contributed by atoms with Crippen molar-refractivity contribution in [2.45, 2.75) is 25.7 Å². The first-order valence-corrected chi connectivity index (χ1v) is 6.83. The molecular weight excluding hydrogens is 252 g/mol. The maximum absolute atomic E-state index is 4.70. The molecule has 102 valence electrons. The first-order valence-electron chi connectivity index (χ1n) is 6.83. The van der Waals surface area contributed by atoms with E-state index in [0.29, 0.717) is 11.9 Å². The topological polar surface area (TPSA) is 71.4 Å². The fourth-order valence-corrected chi connectivity index (χ4v) is 2.53. The molecule has 1 aliphatic rings. The Morgan fingerprint density at radius 2 is 2.20 bits per heavy atom. The molecule has 3 heterocycles. The molecule has 20 heavy (non-hydrogen) atoms. The van der Waals surface area contributed by atoms with Crippen molar-refractivity contribution < 1.29 is 0 Å². The van der Waals surface area contributed by atoms with Gasteiger partial charge in [-0.2, -0.15) is 10.1 Å². The highest BCUT2D eigenvalue weighted by Crippen LogP contribution is 2.42. The number of hydrogen-bond donors (Lipinski definition) is 2. The predicted octanol–water partition coefficient (Wildman–Crippen LogP) is 2.62. The van der Waals surface area contributed by atoms with Crippen LogP contribution in [0.25, 0.3) is 11.0 Å². The van der Waals surface area contributed by atoms with Gasteiger partial charge in [0.2, 0.25) is 5.95 Å². The van der Waals surface area contributed by atoms with Crippen LogP contribution in [0.5, 0.6) is 0 Å². The minimum Gasteiger partial charge on any atom is -0.346 e. The van der Waals surface area contributed by atoms with Crippen LogP contribution >= 0.6 is 0 Å². The summed E-state index contributed by atoms with van der Waals surface area (Å²) in [7, 11) is 1.91. The minimum atomic E-state index is 0.590. The smallest absolute Gasteiger partial charge is 0.229 e. The van der Waals surface area contributed by atoms with Crippen molar-refractivity contribution in [1.29, 1.82) is 0 Å². The van der Waals surface area contributed by atoms with Crippen LogP contribution in [0.2, 0.25) is 0 Å². The van der Waals surface area contributed by atoms with Crippen molar-refractivity contribution in [3.05, 3.63) is 29.8 Å². The van der Waals surface area contributed by atoms with E-state index in [4.69, 9.17) is 4.98 Å². The molecule has 0 spiro atoms. The van der Waals surface area contributed by atoms with Gasteiger partial charge in [-0.25, -0.2) is 4.98 Å². The number of H-pyrrole nitrogens is 1. The highest BCUT2D eigenvalue weighted by Gasteiger charge is 2.28. The normalized spacial score (nSPS) is 14.9. The summed E-state index contributed by atoms with van der Waals surface area (Å²) in [6.45, 7) is 1.97. The van der Waals surface area contributed by atoms with Crippen LogP contribution in [-0.4, -0.2) is 24.7 Å². The fourth-order valence-electron chi connectivity index (χ4n) is 2.53. The van der Waals surface area contributed by atoms with Gasteiger partial charge in [0.25, 0.3) is 0 Å². The summed E-state index contributed by atoms with van der Waals surface area (Å²) in [5, 5.41) is 8.73. The Morgan fingerprint density at radius 3 is 2.90 bits per heavy atom. The Morgan fingerprint density at radius 1 is 1.35 bits per heavy atom. The molecule has 0 aromatic carbocycles. The number of nitrogens with one attached hydrogen (secondary N) is 2. The van der Waals surface area contributed by atoms with Crippen molar-refractivity contribution in [2.24, 2.45) is 7.05 Å². The predicted molar refractivity (Wildman–Crippen MR) is 77.1 cm³/mol. The summed E-state index contributed by atoms with van der Waals surface area (Å²) in [5.74, 6) is 1.23. The third-order valence-electron chi connectivity index (χ3n) is 3.67. The maximum atomic E-state index is 4.70. The van der Waals surface area contributed by atoms with Gasteiger partial charge in [-0.15, -0.1) is 0 Å². The average molecular weight is 268 g/mol. The summed E-state index contributed by atoms with van der Waals surface area (Å²) < 4.78 is 1.78. The number of aromatic amines is 1. The summed E-state index contributed by atoms with van der Waals surface area (Å²) in [5.41, 5.74) is 3.93. The lowest BCUT2D eigenvalue weighted by Crippen LogP contribution is -2.01. The van der Waals surface area contributed by atoms with Gasteiger partial charge < -0.3 is 10.3 Å². The molecule has 3 aromatic rings. The number of hydrogen-bond acceptors (Lipinski definition) is 4. The van der Waals surface area contributed by atoms with Crippen LogP contribution in [0.3, 0.4) is 0 Å². The standard InChI is InChI=1S/C14H16N6/c1-8-11(7-20(2)19-8)16-14-17-12(9-3-4-9)10-5-6-15-13(10)18-14/h5-7,9H,3-4H2,1-2H3,(H2,15,16,17,18). The molecule has 1 fully saturated rings. The zero-order chi connectivity index (χ0) is 13.7. The second-order valence-electron chi connectivity index (χ2n) is 5.37. The Labute approximate surface area is 116 Å². The molecule has 0 saturated heterocycles. The van der Waals surface area contributed by atoms with Gasteiger partial charge in [0.1, 0.15) is 5.65 Å². The molecule has 3 aromatic heterocycles. The van der Waals surface area contributed by atoms with Gasteiger partial charge in [0.05, 0.1) is 17.1 Å². The van der Waals surface area contributed by atoms with E-state index in [1.807, 2.05) is 26.4 Å². The quantitative estimate of drug-likeness (QED) is 0.766. The summed E-state index contributed by atoms with van der Waals surface area (Å²) >= 11 is 0. The lowest BCUT2D eigenvalue weighted by atomic mass is 10.2. The van der Waals surface area contributed by atoms with Crippen LogP contribution in [0.4, 0.5) is 11.6 Å². The van der Waals surface area contributed by atoms with Gasteiger partial charge >= 0.3 is 0 Å². The maximum Gasteiger partial charge on any atom is 0.229 e. The lowest BCUT2D eigenvalue weighted by Gasteiger charge is -2.06. The summed E-state index contributed by atoms with van der Waals surface area (Å²) in [6, 6.07) is 2.06. The number of nitrogens with zero attached hydrogens (tertiary/aromatic N) is 4. The summed E-state index contributed by atoms with van der Waals surface area (Å²) in [4.78, 5) is 12.4. The molecular formula is C14H16N6. The molecule has 1 saturated carbocycles. The molecule has 1 aliphatic carbocycles. The number of anilines is 2. The van der Waals surface area contributed by atoms with Crippen molar-refractivity contribution in [2.75, 3.05) is 5.32 Å². The molecule has 2 N–H and O–H groups in total. The first-order chi connectivity index (χ1) is 9.70. The van der Waals surface area contributed by atoms with Crippen LogP contribution in [0, 0.1) is 6.92 Å². The van der Waals surface area contributed by atoms with Crippen LogP contribution in [0.15, 0.2) is 18.5 Å². The molecule has 4 rings (SSSR count). The number of aromatic nitrogens is 5. The molecule has 0 atom stereocenters. The third-order valence-corrected chi connectivity index (χ3v) is 3.67. The van der Waals surface area contributed by atoms with Gasteiger partial charge in [-0.05, 0) is 25.8 Å². The Hall–Kier alpha value is -2.37. The van der Waals surface area contributed by atoms with Crippen molar-refractivity contribution >= 4 is 22.7 Å². The van der Waals surface area contributed by atoms with Crippen molar-refractivity contribution in [3.8, 4) is 0 Å². The lowest BCUT2D eigenvalue weighted by molar-refractivity contribution is 0.756. The van der Waals surface area contributed by atoms with E-state index in [1.54, 1.807) is 4.68 Å². The van der Waals surface area contributed by atoms with Gasteiger partial charge in [0, 0.05) is 30.7 Å². The van der Waals surface area contributed by atoms with Gasteiger partial charge in [0.15, 0.2) is 0 Å². The minimum absolute atomic E-state index is 0.590. The van der Waals surface area contributed by atoms with E-state index in [0.717, 1.165) is 28.1 Å². The fraction of sp³-hybridized carbons (Fsp3) is 0.357. The largest absolute Gasteiger partial charge is 0.346 e. The Bertz CT molecular complexity index is 780. The second-order valence-corrected chi connectivity index (χ2v) is 5.37. The molecule has 0 radical (unpaired) electrons. The zero-order valence-electron chi connectivity index (χ0n) is 11.5. The molecule has 6 heteroatoms. The number of aryl methyl sites for hydroxylation is 2. The van der Waals surface area contributed by atoms with Gasteiger partial charge in [-0.3, -0.25) is 4.68 Å². The highest BCUT2D eigenvalue weighted by molar-refractivity contribution is 5.80. The van der Waals surface area contributed by atoms with E-state index < -0.39 is 0 Å². The van der Waals surface area contributed by atoms with E-state index in [2.05, 4.69) is 26.4 Å². The van der Waals surface area contributed by atoms with E-state index in [1.165, 1.54) is 12.8 Å². The third kappa shape index (κ3) is 1.84. The van der Waals surface area contributed by atoms with Crippen molar-refractivity contribution in [1.82, 2.24) is 24.7 Å². The molecule has 6 nitrogen and oxygen atoms in total. The monoisotopic (exact) mass is 268 g/mol. The van der Waals surface area contributed by atoms with E-state index in [9.17, 15) is 0 Å². The zero-order valence-corrected chi connectivity index (χ0v) is 11.5. The van der Waals surface area contributed by atoms with Gasteiger partial charge in [-0.1, -0.05) is 0 Å². The average Bonchev–Trinajstić information content (AvgIpc) is 3.06. The van der Waals surface area contributed by atoms with Crippen LogP contribution in [-0.2, 0) is 7.05 Å².